The van der Waals surface area contributed by atoms with Gasteiger partial charge in [-0.1, -0.05) is 24.3 Å². The lowest BCUT2D eigenvalue weighted by Gasteiger charge is -2.07. The molecule has 2 heterocycles. The third-order valence-electron chi connectivity index (χ3n) is 3.55. The van der Waals surface area contributed by atoms with E-state index in [0.717, 1.165) is 28.0 Å². The molecule has 2 aromatic heterocycles. The largest absolute Gasteiger partial charge is 0.268 e. The average Bonchev–Trinajstić information content (AvgIpc) is 2.97. The lowest BCUT2D eigenvalue weighted by atomic mass is 10.1. The molecule has 4 nitrogen and oxygen atoms in total. The molecule has 0 aliphatic heterocycles. The molecule has 0 bridgehead atoms. The van der Waals surface area contributed by atoms with E-state index in [1.165, 1.54) is 0 Å². The molecule has 0 saturated carbocycles. The first kappa shape index (κ1) is 12.9. The number of pyridine rings is 1. The Morgan fingerprint density at radius 3 is 2.68 bits per heavy atom. The van der Waals surface area contributed by atoms with E-state index in [1.807, 2.05) is 59.2 Å². The van der Waals surface area contributed by atoms with Gasteiger partial charge >= 0.3 is 0 Å². The smallest absolute Gasteiger partial charge is 0.200 e. The third kappa shape index (κ3) is 2.12. The van der Waals surface area contributed by atoms with Gasteiger partial charge in [0.25, 0.3) is 0 Å². The molecular formula is C17H12N4S. The molecule has 0 radical (unpaired) electrons. The van der Waals surface area contributed by atoms with Crippen LogP contribution in [0.2, 0.25) is 0 Å². The van der Waals surface area contributed by atoms with Crippen LogP contribution in [-0.4, -0.2) is 19.7 Å². The highest BCUT2D eigenvalue weighted by Gasteiger charge is 2.11. The second-order valence-corrected chi connectivity index (χ2v) is 5.32. The van der Waals surface area contributed by atoms with Crippen LogP contribution in [0.3, 0.4) is 0 Å². The molecule has 4 rings (SSSR count). The summed E-state index contributed by atoms with van der Waals surface area (Å²) in [6.07, 6.45) is 1.79. The van der Waals surface area contributed by atoms with E-state index in [1.54, 1.807) is 6.20 Å². The Hall–Kier alpha value is -2.79. The van der Waals surface area contributed by atoms with Crippen LogP contribution < -0.4 is 0 Å². The Kier molecular flexibility index (Phi) is 3.05. The average molecular weight is 304 g/mol. The van der Waals surface area contributed by atoms with Crippen molar-refractivity contribution in [3.05, 3.63) is 71.6 Å². The summed E-state index contributed by atoms with van der Waals surface area (Å²) in [5.74, 6) is 0.793. The van der Waals surface area contributed by atoms with Crippen LogP contribution in [-0.2, 0) is 0 Å². The van der Waals surface area contributed by atoms with Crippen molar-refractivity contribution in [3.63, 3.8) is 0 Å². The molecule has 106 valence electrons. The maximum absolute atomic E-state index is 5.38. The topological polar surface area (TPSA) is 46.5 Å². The van der Waals surface area contributed by atoms with E-state index >= 15 is 0 Å². The number of hydrogen-bond donors (Lipinski definition) is 1. The molecule has 0 amide bonds. The number of H-pyrrole nitrogens is 1. The summed E-state index contributed by atoms with van der Waals surface area (Å²) in [6.45, 7) is 0. The van der Waals surface area contributed by atoms with Crippen molar-refractivity contribution in [1.29, 1.82) is 0 Å². The number of aromatic amines is 1. The highest BCUT2D eigenvalue weighted by molar-refractivity contribution is 7.71. The zero-order valence-corrected chi connectivity index (χ0v) is 12.4. The molecule has 0 saturated heterocycles. The van der Waals surface area contributed by atoms with Crippen molar-refractivity contribution in [2.24, 2.45) is 0 Å². The normalized spacial score (nSPS) is 10.9. The standard InChI is InChI=1S/C17H12N4S/c22-17-20-19-16(21(17)14-6-2-1-3-7-14)13-8-9-15-12(11-13)5-4-10-18-15/h1-11H,(H,20,22). The predicted molar refractivity (Wildman–Crippen MR) is 89.5 cm³/mol. The molecule has 0 aliphatic rings. The minimum Gasteiger partial charge on any atom is -0.268 e. The maximum atomic E-state index is 5.38. The van der Waals surface area contributed by atoms with Gasteiger partial charge in [-0.2, -0.15) is 5.10 Å². The molecule has 0 atom stereocenters. The SMILES string of the molecule is S=c1[nH]nc(-c2ccc3ncccc3c2)n1-c1ccccc1. The predicted octanol–water partition coefficient (Wildman–Crippen LogP) is 4.15. The van der Waals surface area contributed by atoms with Crippen LogP contribution in [0.15, 0.2) is 66.9 Å². The van der Waals surface area contributed by atoms with Crippen molar-refractivity contribution in [2.45, 2.75) is 0 Å². The summed E-state index contributed by atoms with van der Waals surface area (Å²) in [5.41, 5.74) is 2.95. The Morgan fingerprint density at radius 2 is 1.82 bits per heavy atom. The quantitative estimate of drug-likeness (QED) is 0.566. The molecule has 0 fully saturated rings. The highest BCUT2D eigenvalue weighted by atomic mass is 32.1. The molecule has 0 spiro atoms. The first-order valence-corrected chi connectivity index (χ1v) is 7.32. The molecule has 2 aromatic carbocycles. The number of benzene rings is 2. The number of para-hydroxylation sites is 1. The van der Waals surface area contributed by atoms with Crippen LogP contribution in [0.5, 0.6) is 0 Å². The van der Waals surface area contributed by atoms with Gasteiger partial charge in [-0.15, -0.1) is 0 Å². The first-order chi connectivity index (χ1) is 10.8. The van der Waals surface area contributed by atoms with Crippen LogP contribution in [0.4, 0.5) is 0 Å². The first-order valence-electron chi connectivity index (χ1n) is 6.91. The maximum Gasteiger partial charge on any atom is 0.200 e. The molecule has 22 heavy (non-hydrogen) atoms. The Morgan fingerprint density at radius 1 is 0.955 bits per heavy atom. The van der Waals surface area contributed by atoms with E-state index < -0.39 is 0 Å². The summed E-state index contributed by atoms with van der Waals surface area (Å²) in [7, 11) is 0. The number of aromatic nitrogens is 4. The second kappa shape index (κ2) is 5.20. The fraction of sp³-hybridized carbons (Fsp3) is 0. The van der Waals surface area contributed by atoms with E-state index in [4.69, 9.17) is 12.2 Å². The fourth-order valence-corrected chi connectivity index (χ4v) is 2.76. The van der Waals surface area contributed by atoms with Crippen molar-refractivity contribution in [3.8, 4) is 17.1 Å². The molecular weight excluding hydrogens is 292 g/mol. The summed E-state index contributed by atoms with van der Waals surface area (Å²) in [6, 6.07) is 20.0. The molecule has 1 N–H and O–H groups in total. The van der Waals surface area contributed by atoms with Gasteiger partial charge < -0.3 is 0 Å². The Labute approximate surface area is 132 Å². The fourth-order valence-electron chi connectivity index (χ4n) is 2.52. The monoisotopic (exact) mass is 304 g/mol. The van der Waals surface area contributed by atoms with E-state index in [-0.39, 0.29) is 0 Å². The summed E-state index contributed by atoms with van der Waals surface area (Å²) in [5, 5.41) is 8.35. The van der Waals surface area contributed by atoms with Crippen molar-refractivity contribution < 1.29 is 0 Å². The van der Waals surface area contributed by atoms with Gasteiger partial charge in [0, 0.05) is 22.8 Å². The lowest BCUT2D eigenvalue weighted by molar-refractivity contribution is 1.04. The summed E-state index contributed by atoms with van der Waals surface area (Å²) >= 11 is 5.38. The van der Waals surface area contributed by atoms with Crippen molar-refractivity contribution in [2.75, 3.05) is 0 Å². The molecule has 0 aliphatic carbocycles. The second-order valence-electron chi connectivity index (χ2n) is 4.93. The summed E-state index contributed by atoms with van der Waals surface area (Å²) in [4.78, 5) is 4.35. The minimum absolute atomic E-state index is 0.576. The Balaban J connectivity index is 1.94. The number of nitrogens with zero attached hydrogens (tertiary/aromatic N) is 3. The van der Waals surface area contributed by atoms with Crippen molar-refractivity contribution >= 4 is 23.1 Å². The van der Waals surface area contributed by atoms with E-state index in [2.05, 4.69) is 21.2 Å². The van der Waals surface area contributed by atoms with Gasteiger partial charge in [0.2, 0.25) is 0 Å². The van der Waals surface area contributed by atoms with Gasteiger partial charge in [0.05, 0.1) is 5.52 Å². The number of fused-ring (bicyclic) bond motifs is 1. The molecule has 0 unspecified atom stereocenters. The number of nitrogens with one attached hydrogen (secondary N) is 1. The number of hydrogen-bond acceptors (Lipinski definition) is 3. The zero-order chi connectivity index (χ0) is 14.9. The van der Waals surface area contributed by atoms with E-state index in [9.17, 15) is 0 Å². The van der Waals surface area contributed by atoms with Crippen molar-refractivity contribution in [1.82, 2.24) is 19.7 Å². The van der Waals surface area contributed by atoms with Gasteiger partial charge in [-0.25, -0.2) is 0 Å². The van der Waals surface area contributed by atoms with Crippen LogP contribution in [0.25, 0.3) is 28.0 Å². The zero-order valence-electron chi connectivity index (χ0n) is 11.6. The van der Waals surface area contributed by atoms with Gasteiger partial charge in [-0.05, 0) is 48.6 Å². The molecule has 4 aromatic rings. The highest BCUT2D eigenvalue weighted by Crippen LogP contribution is 2.24. The van der Waals surface area contributed by atoms with E-state index in [0.29, 0.717) is 4.77 Å². The number of rotatable bonds is 2. The summed E-state index contributed by atoms with van der Waals surface area (Å²) < 4.78 is 2.51. The Bertz CT molecular complexity index is 1000. The van der Waals surface area contributed by atoms with Gasteiger partial charge in [-0.3, -0.25) is 14.6 Å². The minimum atomic E-state index is 0.576. The molecule has 5 heteroatoms. The van der Waals surface area contributed by atoms with Crippen LogP contribution >= 0.6 is 12.2 Å². The van der Waals surface area contributed by atoms with Crippen LogP contribution in [0, 0.1) is 4.77 Å². The third-order valence-corrected chi connectivity index (χ3v) is 3.82. The lowest BCUT2D eigenvalue weighted by Crippen LogP contribution is -1.97. The van der Waals surface area contributed by atoms with Crippen LogP contribution in [0.1, 0.15) is 0 Å². The van der Waals surface area contributed by atoms with Gasteiger partial charge in [0.15, 0.2) is 10.6 Å². The van der Waals surface area contributed by atoms with Gasteiger partial charge in [0.1, 0.15) is 0 Å².